The molecule has 0 aliphatic heterocycles. The van der Waals surface area contributed by atoms with Gasteiger partial charge in [-0.1, -0.05) is 0 Å². The van der Waals surface area contributed by atoms with Crippen LogP contribution in [0.2, 0.25) is 0 Å². The number of ether oxygens (including phenoxy) is 1. The molecule has 1 aliphatic carbocycles. The van der Waals surface area contributed by atoms with Crippen molar-refractivity contribution in [2.75, 3.05) is 37.4 Å². The predicted molar refractivity (Wildman–Crippen MR) is 80.9 cm³/mol. The Balaban J connectivity index is 1.77. The van der Waals surface area contributed by atoms with E-state index in [0.29, 0.717) is 24.4 Å². The van der Waals surface area contributed by atoms with Crippen LogP contribution in [0.5, 0.6) is 0 Å². The van der Waals surface area contributed by atoms with Crippen molar-refractivity contribution in [1.29, 1.82) is 0 Å². The smallest absolute Gasteiger partial charge is 0.251 e. The molecule has 20 heavy (non-hydrogen) atoms. The van der Waals surface area contributed by atoms with Gasteiger partial charge in [0.1, 0.15) is 0 Å². The Morgan fingerprint density at radius 2 is 2.25 bits per heavy atom. The van der Waals surface area contributed by atoms with Crippen molar-refractivity contribution in [2.24, 2.45) is 5.92 Å². The molecule has 1 saturated carbocycles. The fourth-order valence-electron chi connectivity index (χ4n) is 1.92. The van der Waals surface area contributed by atoms with Crippen molar-refractivity contribution in [1.82, 2.24) is 5.32 Å². The Morgan fingerprint density at radius 1 is 1.45 bits per heavy atom. The largest absolute Gasteiger partial charge is 0.397 e. The van der Waals surface area contributed by atoms with E-state index in [4.69, 9.17) is 10.5 Å². The Bertz CT molecular complexity index is 458. The van der Waals surface area contributed by atoms with Crippen molar-refractivity contribution < 1.29 is 9.53 Å². The topological polar surface area (TPSA) is 76.4 Å². The molecule has 0 atom stereocenters. The fraction of sp³-hybridized carbons (Fsp3) is 0.533. The summed E-state index contributed by atoms with van der Waals surface area (Å²) in [5.41, 5.74) is 7.95. The second kappa shape index (κ2) is 7.14. The first kappa shape index (κ1) is 14.7. The van der Waals surface area contributed by atoms with Crippen LogP contribution in [0.4, 0.5) is 11.4 Å². The highest BCUT2D eigenvalue weighted by Gasteiger charge is 2.20. The maximum absolute atomic E-state index is 11.7. The normalized spacial score (nSPS) is 14.1. The van der Waals surface area contributed by atoms with Gasteiger partial charge < -0.3 is 21.1 Å². The predicted octanol–water partition coefficient (Wildman–Crippen LogP) is 1.86. The zero-order valence-corrected chi connectivity index (χ0v) is 11.9. The highest BCUT2D eigenvalue weighted by Crippen LogP contribution is 2.28. The van der Waals surface area contributed by atoms with E-state index in [9.17, 15) is 4.79 Å². The third kappa shape index (κ3) is 4.42. The van der Waals surface area contributed by atoms with Gasteiger partial charge in [-0.3, -0.25) is 4.79 Å². The van der Waals surface area contributed by atoms with E-state index in [1.165, 1.54) is 12.8 Å². The van der Waals surface area contributed by atoms with Gasteiger partial charge in [0, 0.05) is 25.3 Å². The number of hydrogen-bond acceptors (Lipinski definition) is 4. The Hall–Kier alpha value is -1.75. The molecule has 5 heteroatoms. The lowest BCUT2D eigenvalue weighted by atomic mass is 10.1. The first-order valence-electron chi connectivity index (χ1n) is 7.20. The molecule has 1 aromatic rings. The maximum atomic E-state index is 11.7. The molecule has 0 spiro atoms. The molecule has 110 valence electrons. The summed E-state index contributed by atoms with van der Waals surface area (Å²) in [6.07, 6.45) is 2.61. The van der Waals surface area contributed by atoms with Gasteiger partial charge in [-0.25, -0.2) is 0 Å². The summed E-state index contributed by atoms with van der Waals surface area (Å²) in [6, 6.07) is 5.30. The zero-order valence-electron chi connectivity index (χ0n) is 11.9. The second-order valence-corrected chi connectivity index (χ2v) is 5.11. The van der Waals surface area contributed by atoms with Crippen LogP contribution in [0, 0.1) is 5.92 Å². The number of nitrogens with one attached hydrogen (secondary N) is 2. The molecule has 2 rings (SSSR count). The molecular formula is C15H23N3O2. The lowest BCUT2D eigenvalue weighted by Gasteiger charge is -2.11. The van der Waals surface area contributed by atoms with E-state index in [-0.39, 0.29) is 5.91 Å². The minimum Gasteiger partial charge on any atom is -0.397 e. The monoisotopic (exact) mass is 277 g/mol. The van der Waals surface area contributed by atoms with E-state index >= 15 is 0 Å². The van der Waals surface area contributed by atoms with E-state index in [2.05, 4.69) is 10.6 Å². The Kier molecular flexibility index (Phi) is 5.24. The van der Waals surface area contributed by atoms with Gasteiger partial charge in [0.2, 0.25) is 0 Å². The molecule has 0 unspecified atom stereocenters. The summed E-state index contributed by atoms with van der Waals surface area (Å²) < 4.78 is 5.55. The number of rotatable bonds is 8. The van der Waals surface area contributed by atoms with Gasteiger partial charge in [-0.2, -0.15) is 0 Å². The summed E-state index contributed by atoms with van der Waals surface area (Å²) in [6.45, 7) is 4.76. The number of benzene rings is 1. The first-order chi connectivity index (χ1) is 9.70. The summed E-state index contributed by atoms with van der Waals surface area (Å²) >= 11 is 0. The number of nitrogens with two attached hydrogens (primary N) is 1. The van der Waals surface area contributed by atoms with Gasteiger partial charge in [-0.15, -0.1) is 0 Å². The lowest BCUT2D eigenvalue weighted by molar-refractivity contribution is 0.0956. The molecule has 1 fully saturated rings. The van der Waals surface area contributed by atoms with Crippen LogP contribution in [0.15, 0.2) is 18.2 Å². The van der Waals surface area contributed by atoms with Gasteiger partial charge in [0.25, 0.3) is 5.91 Å². The number of amides is 1. The fourth-order valence-corrected chi connectivity index (χ4v) is 1.92. The second-order valence-electron chi connectivity index (χ2n) is 5.11. The summed E-state index contributed by atoms with van der Waals surface area (Å²) in [7, 11) is 0. The number of nitrogen functional groups attached to an aromatic ring is 1. The first-order valence-corrected chi connectivity index (χ1v) is 7.20. The van der Waals surface area contributed by atoms with Crippen LogP contribution in [0.25, 0.3) is 0 Å². The van der Waals surface area contributed by atoms with Crippen LogP contribution in [0.1, 0.15) is 30.1 Å². The van der Waals surface area contributed by atoms with Crippen LogP contribution >= 0.6 is 0 Å². The molecule has 5 nitrogen and oxygen atoms in total. The van der Waals surface area contributed by atoms with E-state index < -0.39 is 0 Å². The standard InChI is InChI=1S/C15H23N3O2/c1-2-17-15(19)12-5-6-14(13(16)9-12)18-7-8-20-10-11-3-4-11/h5-6,9,11,18H,2-4,7-8,10,16H2,1H3,(H,17,19). The minimum atomic E-state index is -0.0986. The lowest BCUT2D eigenvalue weighted by Crippen LogP contribution is -2.22. The van der Waals surface area contributed by atoms with Crippen LogP contribution in [-0.4, -0.2) is 32.2 Å². The molecular weight excluding hydrogens is 254 g/mol. The van der Waals surface area contributed by atoms with Crippen LogP contribution in [0.3, 0.4) is 0 Å². The van der Waals surface area contributed by atoms with Crippen LogP contribution in [-0.2, 0) is 4.74 Å². The van der Waals surface area contributed by atoms with Gasteiger partial charge in [0.15, 0.2) is 0 Å². The van der Waals surface area contributed by atoms with Crippen molar-refractivity contribution in [3.63, 3.8) is 0 Å². The highest BCUT2D eigenvalue weighted by molar-refractivity contribution is 5.96. The quantitative estimate of drug-likeness (QED) is 0.501. The third-order valence-corrected chi connectivity index (χ3v) is 3.26. The van der Waals surface area contributed by atoms with Gasteiger partial charge in [0.05, 0.1) is 18.0 Å². The van der Waals surface area contributed by atoms with Gasteiger partial charge >= 0.3 is 0 Å². The summed E-state index contributed by atoms with van der Waals surface area (Å²) in [5, 5.41) is 5.97. The molecule has 0 heterocycles. The Morgan fingerprint density at radius 3 is 2.90 bits per heavy atom. The van der Waals surface area contributed by atoms with E-state index in [0.717, 1.165) is 24.8 Å². The molecule has 0 bridgehead atoms. The summed E-state index contributed by atoms with van der Waals surface area (Å²) in [5.74, 6) is 0.690. The maximum Gasteiger partial charge on any atom is 0.251 e. The van der Waals surface area contributed by atoms with Crippen molar-refractivity contribution in [2.45, 2.75) is 19.8 Å². The number of carbonyl (C=O) groups is 1. The van der Waals surface area contributed by atoms with Gasteiger partial charge in [-0.05, 0) is 43.9 Å². The minimum absolute atomic E-state index is 0.0986. The average molecular weight is 277 g/mol. The Labute approximate surface area is 119 Å². The number of carbonyl (C=O) groups excluding carboxylic acids is 1. The summed E-state index contributed by atoms with van der Waals surface area (Å²) in [4.78, 5) is 11.7. The van der Waals surface area contributed by atoms with E-state index in [1.807, 2.05) is 13.0 Å². The SMILES string of the molecule is CCNC(=O)c1ccc(NCCOCC2CC2)c(N)c1. The van der Waals surface area contributed by atoms with Crippen LogP contribution < -0.4 is 16.4 Å². The molecule has 0 saturated heterocycles. The molecule has 1 aliphatic rings. The van der Waals surface area contributed by atoms with Crippen molar-refractivity contribution in [3.05, 3.63) is 23.8 Å². The zero-order chi connectivity index (χ0) is 14.4. The molecule has 1 amide bonds. The third-order valence-electron chi connectivity index (χ3n) is 3.26. The van der Waals surface area contributed by atoms with Crippen molar-refractivity contribution >= 4 is 17.3 Å². The van der Waals surface area contributed by atoms with Crippen molar-refractivity contribution in [3.8, 4) is 0 Å². The number of anilines is 2. The molecule has 0 radical (unpaired) electrons. The molecule has 4 N–H and O–H groups in total. The molecule has 0 aromatic heterocycles. The highest BCUT2D eigenvalue weighted by atomic mass is 16.5. The number of hydrogen-bond donors (Lipinski definition) is 3. The average Bonchev–Trinajstić information content (AvgIpc) is 3.24. The van der Waals surface area contributed by atoms with E-state index in [1.54, 1.807) is 12.1 Å². The molecule has 1 aromatic carbocycles.